The second-order valence-corrected chi connectivity index (χ2v) is 5.10. The number of pyridine rings is 1. The van der Waals surface area contributed by atoms with Crippen molar-refractivity contribution in [1.29, 1.82) is 0 Å². The van der Waals surface area contributed by atoms with Crippen LogP contribution < -0.4 is 5.32 Å². The van der Waals surface area contributed by atoms with Gasteiger partial charge < -0.3 is 5.32 Å². The van der Waals surface area contributed by atoms with Crippen LogP contribution in [0.15, 0.2) is 36.7 Å². The summed E-state index contributed by atoms with van der Waals surface area (Å²) in [4.78, 5) is 6.71. The highest BCUT2D eigenvalue weighted by Crippen LogP contribution is 2.19. The molecular weight excluding hydrogens is 222 g/mol. The lowest BCUT2D eigenvalue weighted by Gasteiger charge is -2.32. The van der Waals surface area contributed by atoms with Gasteiger partial charge in [0.25, 0.3) is 0 Å². The number of nitrogens with one attached hydrogen (secondary N) is 1. The lowest BCUT2D eigenvalue weighted by atomic mass is 10.1. The second-order valence-electron chi connectivity index (χ2n) is 5.10. The zero-order valence-electron chi connectivity index (χ0n) is 10.8. The molecule has 0 radical (unpaired) electrons. The molecule has 18 heavy (non-hydrogen) atoms. The minimum atomic E-state index is 0.593. The van der Waals surface area contributed by atoms with Crippen molar-refractivity contribution in [3.05, 3.63) is 42.2 Å². The molecule has 1 aromatic heterocycles. The Labute approximate surface area is 108 Å². The Morgan fingerprint density at radius 1 is 1.39 bits per heavy atom. The van der Waals surface area contributed by atoms with Gasteiger partial charge in [0.2, 0.25) is 0 Å². The molecule has 94 valence electrons. The fraction of sp³-hybridized carbons (Fsp3) is 0.400. The first-order valence-electron chi connectivity index (χ1n) is 6.60. The smallest absolute Gasteiger partial charge is 0.0346 e. The highest BCUT2D eigenvalue weighted by Gasteiger charge is 2.16. The van der Waals surface area contributed by atoms with Crippen molar-refractivity contribution < 1.29 is 0 Å². The van der Waals surface area contributed by atoms with E-state index in [1.165, 1.54) is 16.3 Å². The first-order chi connectivity index (χ1) is 8.83. The van der Waals surface area contributed by atoms with Crippen LogP contribution in [0.25, 0.3) is 10.8 Å². The van der Waals surface area contributed by atoms with E-state index in [0.29, 0.717) is 6.04 Å². The van der Waals surface area contributed by atoms with Crippen molar-refractivity contribution in [2.45, 2.75) is 19.5 Å². The maximum absolute atomic E-state index is 4.19. The molecule has 1 aliphatic rings. The molecule has 2 heterocycles. The van der Waals surface area contributed by atoms with Gasteiger partial charge in [-0.3, -0.25) is 9.88 Å². The van der Waals surface area contributed by atoms with Crippen molar-refractivity contribution in [2.75, 3.05) is 19.6 Å². The SMILES string of the molecule is C[C@H]1CN(Cc2cccc3cnccc23)CCN1. The average Bonchev–Trinajstić information content (AvgIpc) is 2.39. The third kappa shape index (κ3) is 2.37. The number of fused-ring (bicyclic) bond motifs is 1. The first-order valence-corrected chi connectivity index (χ1v) is 6.60. The van der Waals surface area contributed by atoms with E-state index < -0.39 is 0 Å². The summed E-state index contributed by atoms with van der Waals surface area (Å²) >= 11 is 0. The van der Waals surface area contributed by atoms with Crippen LogP contribution in [-0.4, -0.2) is 35.6 Å². The second kappa shape index (κ2) is 5.04. The summed E-state index contributed by atoms with van der Waals surface area (Å²) in [7, 11) is 0. The van der Waals surface area contributed by atoms with Gasteiger partial charge in [0.15, 0.2) is 0 Å². The molecule has 0 amide bonds. The standard InChI is InChI=1S/C15H19N3/c1-12-10-18(8-7-17-12)11-14-4-2-3-13-9-16-6-5-15(13)14/h2-6,9,12,17H,7-8,10-11H2,1H3/t12-/m0/s1. The van der Waals surface area contributed by atoms with Crippen molar-refractivity contribution in [3.8, 4) is 0 Å². The van der Waals surface area contributed by atoms with Gasteiger partial charge in [0.05, 0.1) is 0 Å². The normalized spacial score (nSPS) is 21.3. The Bertz CT molecular complexity index is 533. The Balaban J connectivity index is 1.86. The minimum Gasteiger partial charge on any atom is -0.312 e. The third-order valence-electron chi connectivity index (χ3n) is 3.62. The van der Waals surface area contributed by atoms with Crippen LogP contribution in [0.5, 0.6) is 0 Å². The van der Waals surface area contributed by atoms with Crippen molar-refractivity contribution in [1.82, 2.24) is 15.2 Å². The molecule has 3 nitrogen and oxygen atoms in total. The van der Waals surface area contributed by atoms with Crippen LogP contribution in [-0.2, 0) is 6.54 Å². The van der Waals surface area contributed by atoms with Gasteiger partial charge in [0, 0.05) is 50.0 Å². The highest BCUT2D eigenvalue weighted by atomic mass is 15.2. The van der Waals surface area contributed by atoms with Crippen LogP contribution >= 0.6 is 0 Å². The quantitative estimate of drug-likeness (QED) is 0.872. The summed E-state index contributed by atoms with van der Waals surface area (Å²) in [6.07, 6.45) is 3.82. The molecule has 1 aromatic carbocycles. The third-order valence-corrected chi connectivity index (χ3v) is 3.62. The van der Waals surface area contributed by atoms with E-state index in [4.69, 9.17) is 0 Å². The fourth-order valence-corrected chi connectivity index (χ4v) is 2.72. The molecular formula is C15H19N3. The molecule has 0 bridgehead atoms. The minimum absolute atomic E-state index is 0.593. The summed E-state index contributed by atoms with van der Waals surface area (Å²) in [5.74, 6) is 0. The summed E-state index contributed by atoms with van der Waals surface area (Å²) in [5, 5.41) is 6.05. The Kier molecular flexibility index (Phi) is 3.26. The van der Waals surface area contributed by atoms with Crippen LogP contribution in [0.1, 0.15) is 12.5 Å². The lowest BCUT2D eigenvalue weighted by molar-refractivity contribution is 0.200. The fourth-order valence-electron chi connectivity index (χ4n) is 2.72. The van der Waals surface area contributed by atoms with Crippen LogP contribution in [0, 0.1) is 0 Å². The molecule has 3 heteroatoms. The van der Waals surface area contributed by atoms with E-state index in [-0.39, 0.29) is 0 Å². The number of piperazine rings is 1. The van der Waals surface area contributed by atoms with Crippen molar-refractivity contribution in [3.63, 3.8) is 0 Å². The Hall–Kier alpha value is -1.45. The Morgan fingerprint density at radius 3 is 3.22 bits per heavy atom. The molecule has 1 atom stereocenters. The number of hydrogen-bond donors (Lipinski definition) is 1. The summed E-state index contributed by atoms with van der Waals surface area (Å²) in [6.45, 7) is 6.63. The molecule has 0 spiro atoms. The predicted molar refractivity (Wildman–Crippen MR) is 74.5 cm³/mol. The predicted octanol–water partition coefficient (Wildman–Crippen LogP) is 2.03. The highest BCUT2D eigenvalue weighted by molar-refractivity contribution is 5.84. The zero-order valence-corrected chi connectivity index (χ0v) is 10.8. The van der Waals surface area contributed by atoms with Crippen LogP contribution in [0.2, 0.25) is 0 Å². The number of benzene rings is 1. The van der Waals surface area contributed by atoms with E-state index >= 15 is 0 Å². The maximum Gasteiger partial charge on any atom is 0.0346 e. The number of aromatic nitrogens is 1. The van der Waals surface area contributed by atoms with E-state index in [0.717, 1.165) is 26.2 Å². The van der Waals surface area contributed by atoms with Crippen molar-refractivity contribution >= 4 is 10.8 Å². The van der Waals surface area contributed by atoms with Crippen molar-refractivity contribution in [2.24, 2.45) is 0 Å². The topological polar surface area (TPSA) is 28.2 Å². The van der Waals surface area contributed by atoms with E-state index in [9.17, 15) is 0 Å². The van der Waals surface area contributed by atoms with E-state index in [1.807, 2.05) is 12.4 Å². The monoisotopic (exact) mass is 241 g/mol. The zero-order chi connectivity index (χ0) is 12.4. The maximum atomic E-state index is 4.19. The molecule has 2 aromatic rings. The van der Waals surface area contributed by atoms with Gasteiger partial charge >= 0.3 is 0 Å². The van der Waals surface area contributed by atoms with Gasteiger partial charge in [-0.25, -0.2) is 0 Å². The molecule has 0 aliphatic carbocycles. The van der Waals surface area contributed by atoms with Gasteiger partial charge in [-0.1, -0.05) is 18.2 Å². The summed E-state index contributed by atoms with van der Waals surface area (Å²) < 4.78 is 0. The molecule has 1 aliphatic heterocycles. The van der Waals surface area contributed by atoms with Gasteiger partial charge in [-0.2, -0.15) is 0 Å². The first kappa shape index (κ1) is 11.6. The average molecular weight is 241 g/mol. The molecule has 1 saturated heterocycles. The van der Waals surface area contributed by atoms with E-state index in [2.05, 4.69) is 46.4 Å². The number of nitrogens with zero attached hydrogens (tertiary/aromatic N) is 2. The summed E-state index contributed by atoms with van der Waals surface area (Å²) in [5.41, 5.74) is 1.41. The summed E-state index contributed by atoms with van der Waals surface area (Å²) in [6, 6.07) is 9.21. The molecule has 0 saturated carbocycles. The van der Waals surface area contributed by atoms with Crippen LogP contribution in [0.4, 0.5) is 0 Å². The van der Waals surface area contributed by atoms with Crippen LogP contribution in [0.3, 0.4) is 0 Å². The van der Waals surface area contributed by atoms with E-state index in [1.54, 1.807) is 0 Å². The number of hydrogen-bond acceptors (Lipinski definition) is 3. The Morgan fingerprint density at radius 2 is 2.33 bits per heavy atom. The molecule has 3 rings (SSSR count). The lowest BCUT2D eigenvalue weighted by Crippen LogP contribution is -2.48. The van der Waals surface area contributed by atoms with Gasteiger partial charge in [0.1, 0.15) is 0 Å². The number of rotatable bonds is 2. The molecule has 0 unspecified atom stereocenters. The van der Waals surface area contributed by atoms with Gasteiger partial charge in [-0.05, 0) is 23.9 Å². The largest absolute Gasteiger partial charge is 0.312 e. The molecule has 1 N–H and O–H groups in total. The molecule has 1 fully saturated rings. The van der Waals surface area contributed by atoms with Gasteiger partial charge in [-0.15, -0.1) is 0 Å².